The SMILES string of the molecule is N#Cc1cccc(OCC(=O)NC(=O)NCc2ccco2)c1. The Bertz CT molecular complexity index is 689. The Morgan fingerprint density at radius 1 is 1.27 bits per heavy atom. The monoisotopic (exact) mass is 299 g/mol. The van der Waals surface area contributed by atoms with Crippen LogP contribution in [0.15, 0.2) is 47.1 Å². The Balaban J connectivity index is 1.73. The molecule has 0 aliphatic rings. The Morgan fingerprint density at radius 2 is 2.14 bits per heavy atom. The summed E-state index contributed by atoms with van der Waals surface area (Å²) in [6.07, 6.45) is 1.49. The number of carbonyl (C=O) groups excluding carboxylic acids is 2. The molecule has 7 heteroatoms. The summed E-state index contributed by atoms with van der Waals surface area (Å²) in [4.78, 5) is 23.0. The van der Waals surface area contributed by atoms with Crippen molar-refractivity contribution in [2.45, 2.75) is 6.54 Å². The molecule has 0 radical (unpaired) electrons. The van der Waals surface area contributed by atoms with Gasteiger partial charge in [-0.25, -0.2) is 4.79 Å². The molecule has 1 aromatic carbocycles. The smallest absolute Gasteiger partial charge is 0.321 e. The first-order chi connectivity index (χ1) is 10.7. The highest BCUT2D eigenvalue weighted by Gasteiger charge is 2.09. The lowest BCUT2D eigenvalue weighted by molar-refractivity contribution is -0.122. The van der Waals surface area contributed by atoms with Crippen LogP contribution in [-0.2, 0) is 11.3 Å². The number of benzene rings is 1. The zero-order valence-corrected chi connectivity index (χ0v) is 11.5. The Hall–Kier alpha value is -3.27. The quantitative estimate of drug-likeness (QED) is 0.871. The largest absolute Gasteiger partial charge is 0.484 e. The second-order valence-corrected chi connectivity index (χ2v) is 4.24. The number of carbonyl (C=O) groups is 2. The van der Waals surface area contributed by atoms with E-state index in [1.165, 1.54) is 12.3 Å². The van der Waals surface area contributed by atoms with Crippen molar-refractivity contribution in [1.29, 1.82) is 5.26 Å². The minimum atomic E-state index is -0.643. The number of hydrogen-bond acceptors (Lipinski definition) is 5. The van der Waals surface area contributed by atoms with E-state index in [9.17, 15) is 9.59 Å². The molecule has 2 aromatic rings. The molecule has 0 bridgehead atoms. The highest BCUT2D eigenvalue weighted by Crippen LogP contribution is 2.12. The van der Waals surface area contributed by atoms with E-state index in [1.807, 2.05) is 6.07 Å². The standard InChI is InChI=1S/C15H13N3O4/c16-8-11-3-1-4-12(7-11)22-10-14(19)18-15(20)17-9-13-5-2-6-21-13/h1-7H,9-10H2,(H2,17,18,19,20). The third-order valence-electron chi connectivity index (χ3n) is 2.59. The number of ether oxygens (including phenoxy) is 1. The van der Waals surface area contributed by atoms with Crippen molar-refractivity contribution in [1.82, 2.24) is 10.6 Å². The van der Waals surface area contributed by atoms with Crippen LogP contribution in [0.3, 0.4) is 0 Å². The fraction of sp³-hybridized carbons (Fsp3) is 0.133. The van der Waals surface area contributed by atoms with Crippen molar-refractivity contribution in [2.75, 3.05) is 6.61 Å². The molecule has 7 nitrogen and oxygen atoms in total. The number of furan rings is 1. The molecule has 1 aromatic heterocycles. The summed E-state index contributed by atoms with van der Waals surface area (Å²) in [5, 5.41) is 13.3. The number of nitrogens with one attached hydrogen (secondary N) is 2. The summed E-state index contributed by atoms with van der Waals surface area (Å²) >= 11 is 0. The lowest BCUT2D eigenvalue weighted by Crippen LogP contribution is -2.41. The van der Waals surface area contributed by atoms with Gasteiger partial charge in [-0.15, -0.1) is 0 Å². The van der Waals surface area contributed by atoms with Gasteiger partial charge in [0.05, 0.1) is 24.4 Å². The normalized spacial score (nSPS) is 9.59. The van der Waals surface area contributed by atoms with Gasteiger partial charge in [-0.2, -0.15) is 5.26 Å². The minimum Gasteiger partial charge on any atom is -0.484 e. The summed E-state index contributed by atoms with van der Waals surface area (Å²) in [5.41, 5.74) is 0.425. The molecule has 0 unspecified atom stereocenters. The number of amides is 3. The van der Waals surface area contributed by atoms with Crippen LogP contribution in [0.5, 0.6) is 5.75 Å². The van der Waals surface area contributed by atoms with Crippen LogP contribution in [-0.4, -0.2) is 18.5 Å². The van der Waals surface area contributed by atoms with E-state index in [2.05, 4.69) is 10.6 Å². The van der Waals surface area contributed by atoms with Gasteiger partial charge in [0.15, 0.2) is 6.61 Å². The van der Waals surface area contributed by atoms with Crippen LogP contribution in [0.25, 0.3) is 0 Å². The molecule has 0 spiro atoms. The van der Waals surface area contributed by atoms with Gasteiger partial charge in [0.1, 0.15) is 11.5 Å². The second kappa shape index (κ2) is 7.50. The molecule has 3 amide bonds. The first-order valence-electron chi connectivity index (χ1n) is 6.40. The maximum Gasteiger partial charge on any atom is 0.321 e. The third kappa shape index (κ3) is 4.68. The molecule has 0 saturated heterocycles. The summed E-state index contributed by atoms with van der Waals surface area (Å²) in [7, 11) is 0. The molecule has 0 fully saturated rings. The summed E-state index contributed by atoms with van der Waals surface area (Å²) in [6, 6.07) is 11.1. The van der Waals surface area contributed by atoms with Gasteiger partial charge in [-0.3, -0.25) is 10.1 Å². The maximum absolute atomic E-state index is 11.6. The summed E-state index contributed by atoms with van der Waals surface area (Å²) in [6.45, 7) is -0.153. The number of nitrogens with zero attached hydrogens (tertiary/aromatic N) is 1. The average Bonchev–Trinajstić information content (AvgIpc) is 3.04. The van der Waals surface area contributed by atoms with E-state index in [1.54, 1.807) is 30.3 Å². The molecule has 2 N–H and O–H groups in total. The van der Waals surface area contributed by atoms with Crippen LogP contribution in [0.4, 0.5) is 4.79 Å². The zero-order chi connectivity index (χ0) is 15.8. The number of imide groups is 1. The maximum atomic E-state index is 11.6. The van der Waals surface area contributed by atoms with Gasteiger partial charge in [-0.05, 0) is 30.3 Å². The molecular formula is C15H13N3O4. The van der Waals surface area contributed by atoms with Crippen LogP contribution < -0.4 is 15.4 Å². The van der Waals surface area contributed by atoms with Crippen molar-refractivity contribution in [3.63, 3.8) is 0 Å². The van der Waals surface area contributed by atoms with Gasteiger partial charge in [0, 0.05) is 0 Å². The predicted molar refractivity (Wildman–Crippen MR) is 75.7 cm³/mol. The van der Waals surface area contributed by atoms with Gasteiger partial charge in [0.2, 0.25) is 0 Å². The molecular weight excluding hydrogens is 286 g/mol. The molecule has 22 heavy (non-hydrogen) atoms. The van der Waals surface area contributed by atoms with E-state index in [4.69, 9.17) is 14.4 Å². The predicted octanol–water partition coefficient (Wildman–Crippen LogP) is 1.56. The van der Waals surface area contributed by atoms with Crippen molar-refractivity contribution in [3.8, 4) is 11.8 Å². The van der Waals surface area contributed by atoms with Crippen LogP contribution in [0.2, 0.25) is 0 Å². The van der Waals surface area contributed by atoms with Gasteiger partial charge < -0.3 is 14.5 Å². The molecule has 0 aliphatic heterocycles. The van der Waals surface area contributed by atoms with Crippen molar-refractivity contribution < 1.29 is 18.7 Å². The lowest BCUT2D eigenvalue weighted by atomic mass is 10.2. The molecule has 1 heterocycles. The molecule has 112 valence electrons. The number of urea groups is 1. The molecule has 0 saturated carbocycles. The van der Waals surface area contributed by atoms with E-state index in [0.717, 1.165) is 0 Å². The second-order valence-electron chi connectivity index (χ2n) is 4.24. The Morgan fingerprint density at radius 3 is 2.86 bits per heavy atom. The van der Waals surface area contributed by atoms with Crippen molar-refractivity contribution >= 4 is 11.9 Å². The number of hydrogen-bond donors (Lipinski definition) is 2. The number of nitriles is 1. The summed E-state index contributed by atoms with van der Waals surface area (Å²) in [5.74, 6) is 0.358. The van der Waals surface area contributed by atoms with Crippen LogP contribution in [0.1, 0.15) is 11.3 Å². The van der Waals surface area contributed by atoms with E-state index < -0.39 is 11.9 Å². The van der Waals surface area contributed by atoms with E-state index in [-0.39, 0.29) is 13.2 Å². The Kier molecular flexibility index (Phi) is 5.15. The van der Waals surface area contributed by atoms with E-state index in [0.29, 0.717) is 17.1 Å². The minimum absolute atomic E-state index is 0.178. The molecule has 2 rings (SSSR count). The highest BCUT2D eigenvalue weighted by molar-refractivity contribution is 5.94. The van der Waals surface area contributed by atoms with Gasteiger partial charge in [-0.1, -0.05) is 6.07 Å². The highest BCUT2D eigenvalue weighted by atomic mass is 16.5. The summed E-state index contributed by atoms with van der Waals surface area (Å²) < 4.78 is 10.2. The lowest BCUT2D eigenvalue weighted by Gasteiger charge is -2.07. The van der Waals surface area contributed by atoms with Crippen LogP contribution in [0, 0.1) is 11.3 Å². The fourth-order valence-corrected chi connectivity index (χ4v) is 1.59. The topological polar surface area (TPSA) is 104 Å². The van der Waals surface area contributed by atoms with Crippen molar-refractivity contribution in [2.24, 2.45) is 0 Å². The third-order valence-corrected chi connectivity index (χ3v) is 2.59. The molecule has 0 aliphatic carbocycles. The zero-order valence-electron chi connectivity index (χ0n) is 11.5. The van der Waals surface area contributed by atoms with Gasteiger partial charge in [0.25, 0.3) is 5.91 Å². The van der Waals surface area contributed by atoms with Gasteiger partial charge >= 0.3 is 6.03 Å². The van der Waals surface area contributed by atoms with Crippen molar-refractivity contribution in [3.05, 3.63) is 54.0 Å². The fourth-order valence-electron chi connectivity index (χ4n) is 1.59. The average molecular weight is 299 g/mol. The Labute approximate surface area is 126 Å². The van der Waals surface area contributed by atoms with E-state index >= 15 is 0 Å². The molecule has 0 atom stereocenters. The number of rotatable bonds is 5. The first-order valence-corrected chi connectivity index (χ1v) is 6.40. The van der Waals surface area contributed by atoms with Crippen LogP contribution >= 0.6 is 0 Å². The first kappa shape index (κ1) is 15.1.